The molecule has 0 heterocycles. The monoisotopic (exact) mass is 198 g/mol. The lowest BCUT2D eigenvalue weighted by molar-refractivity contribution is -0.130. The highest BCUT2D eigenvalue weighted by Crippen LogP contribution is 2.04. The summed E-state index contributed by atoms with van der Waals surface area (Å²) in [6.07, 6.45) is 0.257. The molecule has 1 atom stereocenters. The lowest BCUT2D eigenvalue weighted by atomic mass is 10.1. The zero-order valence-corrected chi connectivity index (χ0v) is 7.40. The van der Waals surface area contributed by atoms with Gasteiger partial charge in [0.2, 0.25) is 0 Å². The molecule has 0 radical (unpaired) electrons. The van der Waals surface area contributed by atoms with Crippen LogP contribution in [0.3, 0.4) is 0 Å². The van der Waals surface area contributed by atoms with Gasteiger partial charge < -0.3 is 5.73 Å². The van der Waals surface area contributed by atoms with Gasteiger partial charge in [0.05, 0.1) is 6.04 Å². The molecule has 0 aliphatic heterocycles. The molecule has 1 rings (SSSR count). The van der Waals surface area contributed by atoms with Crippen molar-refractivity contribution in [2.75, 3.05) is 0 Å². The Kier molecular flexibility index (Phi) is 3.55. The van der Waals surface area contributed by atoms with E-state index in [1.54, 1.807) is 12.1 Å². The molecule has 0 aliphatic rings. The summed E-state index contributed by atoms with van der Waals surface area (Å²) in [5.74, 6) is -0.997. The number of amides is 1. The first kappa shape index (κ1) is 10.6. The maximum absolute atomic E-state index is 12.5. The number of nitrogens with one attached hydrogen (secondary N) is 1. The molecule has 1 aromatic carbocycles. The smallest absolute Gasteiger partial charge is 0.260 e. The number of hydrogen-bond donors (Lipinski definition) is 3. The molecule has 0 aliphatic carbocycles. The predicted octanol–water partition coefficient (Wildman–Crippen LogP) is 0.201. The third kappa shape index (κ3) is 2.79. The van der Waals surface area contributed by atoms with Gasteiger partial charge in [-0.25, -0.2) is 9.87 Å². The number of hydroxylamine groups is 1. The van der Waals surface area contributed by atoms with Crippen LogP contribution in [0.5, 0.6) is 0 Å². The summed E-state index contributed by atoms with van der Waals surface area (Å²) in [6, 6.07) is 4.84. The molecule has 0 saturated heterocycles. The van der Waals surface area contributed by atoms with Crippen LogP contribution < -0.4 is 11.2 Å². The van der Waals surface area contributed by atoms with E-state index in [2.05, 4.69) is 0 Å². The second-order valence-electron chi connectivity index (χ2n) is 2.91. The average Bonchev–Trinajstić information content (AvgIpc) is 2.20. The quantitative estimate of drug-likeness (QED) is 0.479. The second-order valence-corrected chi connectivity index (χ2v) is 2.91. The van der Waals surface area contributed by atoms with Crippen molar-refractivity contribution in [2.45, 2.75) is 12.5 Å². The van der Waals surface area contributed by atoms with Gasteiger partial charge >= 0.3 is 0 Å². The fourth-order valence-electron chi connectivity index (χ4n) is 1.05. The summed E-state index contributed by atoms with van der Waals surface area (Å²) in [4.78, 5) is 10.8. The summed E-state index contributed by atoms with van der Waals surface area (Å²) in [5.41, 5.74) is 7.63. The van der Waals surface area contributed by atoms with Gasteiger partial charge in [0, 0.05) is 0 Å². The minimum absolute atomic E-state index is 0.257. The number of nitrogens with two attached hydrogens (primary N) is 1. The molecule has 0 bridgehead atoms. The normalized spacial score (nSPS) is 12.2. The first-order valence-corrected chi connectivity index (χ1v) is 4.07. The van der Waals surface area contributed by atoms with Crippen molar-refractivity contribution in [1.82, 2.24) is 5.48 Å². The summed E-state index contributed by atoms with van der Waals surface area (Å²) in [7, 11) is 0. The summed E-state index contributed by atoms with van der Waals surface area (Å²) in [6.45, 7) is 0. The Labute approximate surface area is 80.5 Å². The van der Waals surface area contributed by atoms with Crippen molar-refractivity contribution in [3.8, 4) is 0 Å². The Balaban J connectivity index is 2.60. The molecule has 76 valence electrons. The average molecular weight is 198 g/mol. The van der Waals surface area contributed by atoms with E-state index in [0.717, 1.165) is 5.56 Å². The van der Waals surface area contributed by atoms with Crippen molar-refractivity contribution in [3.63, 3.8) is 0 Å². The molecular formula is C9H11FN2O2. The van der Waals surface area contributed by atoms with E-state index in [0.29, 0.717) is 0 Å². The first-order valence-electron chi connectivity index (χ1n) is 4.07. The molecule has 0 spiro atoms. The van der Waals surface area contributed by atoms with E-state index in [1.165, 1.54) is 17.6 Å². The van der Waals surface area contributed by atoms with Crippen molar-refractivity contribution < 1.29 is 14.4 Å². The molecule has 1 aromatic rings. The molecule has 4 nitrogen and oxygen atoms in total. The number of carbonyl (C=O) groups is 1. The third-order valence-electron chi connectivity index (χ3n) is 1.82. The van der Waals surface area contributed by atoms with Crippen molar-refractivity contribution in [3.05, 3.63) is 35.6 Å². The number of halogens is 1. The maximum Gasteiger partial charge on any atom is 0.260 e. The zero-order chi connectivity index (χ0) is 10.6. The van der Waals surface area contributed by atoms with Crippen LogP contribution in [0.15, 0.2) is 24.3 Å². The van der Waals surface area contributed by atoms with Gasteiger partial charge in [-0.3, -0.25) is 10.0 Å². The van der Waals surface area contributed by atoms with Gasteiger partial charge in [-0.1, -0.05) is 12.1 Å². The highest BCUT2D eigenvalue weighted by atomic mass is 19.1. The Bertz CT molecular complexity index is 313. The first-order chi connectivity index (χ1) is 6.63. The Morgan fingerprint density at radius 2 is 2.07 bits per heavy atom. The molecule has 0 fully saturated rings. The standard InChI is InChI=1S/C9H11FN2O2/c10-7-3-1-6(2-4-7)5-8(11)9(13)12-14/h1-4,8,14H,5,11H2,(H,12,13)/t8-/m0/s1. The van der Waals surface area contributed by atoms with Crippen molar-refractivity contribution in [2.24, 2.45) is 5.73 Å². The topological polar surface area (TPSA) is 75.4 Å². The van der Waals surface area contributed by atoms with Crippen molar-refractivity contribution in [1.29, 1.82) is 0 Å². The SMILES string of the molecule is N[C@@H](Cc1ccc(F)cc1)C(=O)NO. The minimum atomic E-state index is -0.828. The van der Waals surface area contributed by atoms with Crippen LogP contribution in [-0.2, 0) is 11.2 Å². The molecule has 1 amide bonds. The van der Waals surface area contributed by atoms with Crippen LogP contribution in [0, 0.1) is 5.82 Å². The second kappa shape index (κ2) is 4.69. The van der Waals surface area contributed by atoms with E-state index in [1.807, 2.05) is 0 Å². The number of benzene rings is 1. The minimum Gasteiger partial charge on any atom is -0.320 e. The fourth-order valence-corrected chi connectivity index (χ4v) is 1.05. The van der Waals surface area contributed by atoms with E-state index < -0.39 is 11.9 Å². The molecular weight excluding hydrogens is 187 g/mol. The van der Waals surface area contributed by atoms with Crippen LogP contribution >= 0.6 is 0 Å². The molecule has 5 heteroatoms. The van der Waals surface area contributed by atoms with Crippen LogP contribution in [0.4, 0.5) is 4.39 Å². The number of rotatable bonds is 3. The number of hydrogen-bond acceptors (Lipinski definition) is 3. The van der Waals surface area contributed by atoms with Crippen LogP contribution in [-0.4, -0.2) is 17.2 Å². The highest BCUT2D eigenvalue weighted by Gasteiger charge is 2.12. The lowest BCUT2D eigenvalue weighted by Gasteiger charge is -2.08. The fraction of sp³-hybridized carbons (Fsp3) is 0.222. The van der Waals surface area contributed by atoms with Gasteiger partial charge in [0.25, 0.3) is 5.91 Å². The Hall–Kier alpha value is -1.46. The van der Waals surface area contributed by atoms with E-state index in [-0.39, 0.29) is 12.2 Å². The molecule has 0 aromatic heterocycles. The largest absolute Gasteiger partial charge is 0.320 e. The predicted molar refractivity (Wildman–Crippen MR) is 48.0 cm³/mol. The molecule has 4 N–H and O–H groups in total. The van der Waals surface area contributed by atoms with E-state index >= 15 is 0 Å². The summed E-state index contributed by atoms with van der Waals surface area (Å²) < 4.78 is 12.5. The zero-order valence-electron chi connectivity index (χ0n) is 7.40. The Morgan fingerprint density at radius 3 is 2.57 bits per heavy atom. The highest BCUT2D eigenvalue weighted by molar-refractivity contribution is 5.80. The number of carbonyl (C=O) groups excluding carboxylic acids is 1. The van der Waals surface area contributed by atoms with Crippen molar-refractivity contribution >= 4 is 5.91 Å². The molecule has 0 unspecified atom stereocenters. The van der Waals surface area contributed by atoms with Gasteiger partial charge in [0.15, 0.2) is 0 Å². The Morgan fingerprint density at radius 1 is 1.50 bits per heavy atom. The van der Waals surface area contributed by atoms with Gasteiger partial charge in [-0.2, -0.15) is 0 Å². The van der Waals surface area contributed by atoms with Gasteiger partial charge in [-0.05, 0) is 24.1 Å². The van der Waals surface area contributed by atoms with Gasteiger partial charge in [0.1, 0.15) is 5.82 Å². The lowest BCUT2D eigenvalue weighted by Crippen LogP contribution is -2.40. The summed E-state index contributed by atoms with van der Waals surface area (Å²) >= 11 is 0. The van der Waals surface area contributed by atoms with E-state index in [4.69, 9.17) is 10.9 Å². The van der Waals surface area contributed by atoms with Crippen LogP contribution in [0.2, 0.25) is 0 Å². The van der Waals surface area contributed by atoms with Crippen LogP contribution in [0.25, 0.3) is 0 Å². The summed E-state index contributed by atoms with van der Waals surface area (Å²) in [5, 5.41) is 8.29. The van der Waals surface area contributed by atoms with E-state index in [9.17, 15) is 9.18 Å². The molecule has 14 heavy (non-hydrogen) atoms. The maximum atomic E-state index is 12.5. The molecule has 0 saturated carbocycles. The van der Waals surface area contributed by atoms with Crippen LogP contribution in [0.1, 0.15) is 5.56 Å². The van der Waals surface area contributed by atoms with Gasteiger partial charge in [-0.15, -0.1) is 0 Å². The third-order valence-corrected chi connectivity index (χ3v) is 1.82.